The van der Waals surface area contributed by atoms with Crippen molar-refractivity contribution in [2.75, 3.05) is 0 Å². The summed E-state index contributed by atoms with van der Waals surface area (Å²) in [5.41, 5.74) is 0. The monoisotopic (exact) mass is 208 g/mol. The Labute approximate surface area is 88.9 Å². The molecule has 0 aliphatic heterocycles. The Morgan fingerprint density at radius 3 is 2.93 bits per heavy atom. The van der Waals surface area contributed by atoms with Gasteiger partial charge in [0.2, 0.25) is 0 Å². The summed E-state index contributed by atoms with van der Waals surface area (Å²) in [6, 6.07) is 0. The number of aromatic nitrogens is 2. The Morgan fingerprint density at radius 1 is 1.67 bits per heavy atom. The van der Waals surface area contributed by atoms with Crippen molar-refractivity contribution < 1.29 is 9.90 Å². The van der Waals surface area contributed by atoms with Crippen molar-refractivity contribution in [2.45, 2.75) is 25.7 Å². The van der Waals surface area contributed by atoms with Crippen molar-refractivity contribution in [3.05, 3.63) is 18.2 Å². The molecule has 0 amide bonds. The molecule has 2 rings (SSSR count). The van der Waals surface area contributed by atoms with E-state index in [1.54, 1.807) is 6.20 Å². The maximum atomic E-state index is 10.8. The third kappa shape index (κ3) is 2.03. The van der Waals surface area contributed by atoms with Gasteiger partial charge in [-0.15, -0.1) is 0 Å². The van der Waals surface area contributed by atoms with E-state index < -0.39 is 5.97 Å². The standard InChI is InChI=1S/C11H16N2O2/c1-13-7-6-12-10(13)5-3-8-2-4-9(8)11(14)15/h6-9H,2-5H2,1H3,(H,14,15). The summed E-state index contributed by atoms with van der Waals surface area (Å²) < 4.78 is 1.99. The van der Waals surface area contributed by atoms with Gasteiger partial charge in [-0.2, -0.15) is 0 Å². The Balaban J connectivity index is 1.84. The summed E-state index contributed by atoms with van der Waals surface area (Å²) in [6.45, 7) is 0. The summed E-state index contributed by atoms with van der Waals surface area (Å²) in [5.74, 6) is 0.668. The van der Waals surface area contributed by atoms with E-state index in [0.29, 0.717) is 5.92 Å². The summed E-state index contributed by atoms with van der Waals surface area (Å²) in [5, 5.41) is 8.89. The van der Waals surface area contributed by atoms with Crippen LogP contribution in [0, 0.1) is 11.8 Å². The third-order valence-corrected chi connectivity index (χ3v) is 3.39. The molecular weight excluding hydrogens is 192 g/mol. The molecule has 1 aromatic rings. The Kier molecular flexibility index (Phi) is 2.75. The highest BCUT2D eigenvalue weighted by Crippen LogP contribution is 2.37. The summed E-state index contributed by atoms with van der Waals surface area (Å²) >= 11 is 0. The fraction of sp³-hybridized carbons (Fsp3) is 0.636. The molecule has 1 saturated carbocycles. The quantitative estimate of drug-likeness (QED) is 0.815. The molecule has 1 fully saturated rings. The largest absolute Gasteiger partial charge is 0.481 e. The van der Waals surface area contributed by atoms with Crippen LogP contribution in [0.1, 0.15) is 25.1 Å². The fourth-order valence-electron chi connectivity index (χ4n) is 2.19. The number of rotatable bonds is 4. The van der Waals surface area contributed by atoms with Crippen LogP contribution in [-0.4, -0.2) is 20.6 Å². The molecule has 82 valence electrons. The number of carboxylic acids is 1. The maximum Gasteiger partial charge on any atom is 0.306 e. The van der Waals surface area contributed by atoms with Gasteiger partial charge in [-0.1, -0.05) is 0 Å². The molecule has 2 unspecified atom stereocenters. The lowest BCUT2D eigenvalue weighted by Gasteiger charge is -2.33. The van der Waals surface area contributed by atoms with Crippen LogP contribution in [0.15, 0.2) is 12.4 Å². The molecule has 0 saturated heterocycles. The van der Waals surface area contributed by atoms with E-state index in [2.05, 4.69) is 4.98 Å². The molecule has 4 nitrogen and oxygen atoms in total. The Hall–Kier alpha value is -1.32. The van der Waals surface area contributed by atoms with Gasteiger partial charge in [-0.3, -0.25) is 4.79 Å². The third-order valence-electron chi connectivity index (χ3n) is 3.39. The number of aryl methyl sites for hydroxylation is 2. The van der Waals surface area contributed by atoms with Gasteiger partial charge in [0.1, 0.15) is 5.82 Å². The van der Waals surface area contributed by atoms with Crippen LogP contribution in [0.5, 0.6) is 0 Å². The van der Waals surface area contributed by atoms with Crippen LogP contribution in [0.25, 0.3) is 0 Å². The van der Waals surface area contributed by atoms with E-state index >= 15 is 0 Å². The number of carboxylic acid groups (broad SMARTS) is 1. The second kappa shape index (κ2) is 4.04. The first-order chi connectivity index (χ1) is 7.18. The van der Waals surface area contributed by atoms with E-state index in [1.807, 2.05) is 17.8 Å². The minimum absolute atomic E-state index is 0.106. The number of carbonyl (C=O) groups is 1. The Morgan fingerprint density at radius 2 is 2.47 bits per heavy atom. The second-order valence-corrected chi connectivity index (χ2v) is 4.28. The van der Waals surface area contributed by atoms with Crippen LogP contribution in [0.2, 0.25) is 0 Å². The molecule has 1 heterocycles. The number of nitrogens with zero attached hydrogens (tertiary/aromatic N) is 2. The van der Waals surface area contributed by atoms with Crippen molar-refractivity contribution in [1.82, 2.24) is 9.55 Å². The molecule has 0 spiro atoms. The van der Waals surface area contributed by atoms with Crippen molar-refractivity contribution in [3.63, 3.8) is 0 Å². The van der Waals surface area contributed by atoms with Gasteiger partial charge < -0.3 is 9.67 Å². The van der Waals surface area contributed by atoms with Crippen molar-refractivity contribution >= 4 is 5.97 Å². The van der Waals surface area contributed by atoms with E-state index in [-0.39, 0.29) is 5.92 Å². The highest BCUT2D eigenvalue weighted by Gasteiger charge is 2.35. The van der Waals surface area contributed by atoms with Crippen LogP contribution in [0.4, 0.5) is 0 Å². The molecule has 0 bridgehead atoms. The average Bonchev–Trinajstić information content (AvgIpc) is 2.49. The van der Waals surface area contributed by atoms with Crippen molar-refractivity contribution in [3.8, 4) is 0 Å². The molecule has 4 heteroatoms. The normalized spacial score (nSPS) is 24.9. The predicted octanol–water partition coefficient (Wildman–Crippen LogP) is 1.46. The van der Waals surface area contributed by atoms with Gasteiger partial charge in [-0.05, 0) is 25.2 Å². The molecule has 1 aliphatic rings. The topological polar surface area (TPSA) is 55.1 Å². The molecule has 0 radical (unpaired) electrons. The van der Waals surface area contributed by atoms with Gasteiger partial charge in [0, 0.05) is 25.9 Å². The average molecular weight is 208 g/mol. The van der Waals surface area contributed by atoms with Gasteiger partial charge in [0.15, 0.2) is 0 Å². The lowest BCUT2D eigenvalue weighted by molar-refractivity contribution is -0.147. The van der Waals surface area contributed by atoms with Crippen LogP contribution < -0.4 is 0 Å². The van der Waals surface area contributed by atoms with Crippen LogP contribution in [-0.2, 0) is 18.3 Å². The zero-order valence-corrected chi connectivity index (χ0v) is 8.89. The first-order valence-electron chi connectivity index (χ1n) is 5.37. The lowest BCUT2D eigenvalue weighted by Crippen LogP contribution is -2.33. The van der Waals surface area contributed by atoms with E-state index in [9.17, 15) is 4.79 Å². The minimum atomic E-state index is -0.633. The maximum absolute atomic E-state index is 10.8. The number of hydrogen-bond acceptors (Lipinski definition) is 2. The first kappa shape index (κ1) is 10.2. The minimum Gasteiger partial charge on any atom is -0.481 e. The second-order valence-electron chi connectivity index (χ2n) is 4.28. The fourth-order valence-corrected chi connectivity index (χ4v) is 2.19. The van der Waals surface area contributed by atoms with Gasteiger partial charge in [0.05, 0.1) is 5.92 Å². The molecule has 1 N–H and O–H groups in total. The van der Waals surface area contributed by atoms with Gasteiger partial charge >= 0.3 is 5.97 Å². The smallest absolute Gasteiger partial charge is 0.306 e. The Bertz CT molecular complexity index is 359. The zero-order valence-electron chi connectivity index (χ0n) is 8.89. The van der Waals surface area contributed by atoms with Gasteiger partial charge in [-0.25, -0.2) is 4.98 Å². The molecule has 2 atom stereocenters. The molecular formula is C11H16N2O2. The van der Waals surface area contributed by atoms with E-state index in [4.69, 9.17) is 5.11 Å². The highest BCUT2D eigenvalue weighted by atomic mass is 16.4. The van der Waals surface area contributed by atoms with Gasteiger partial charge in [0.25, 0.3) is 0 Å². The van der Waals surface area contributed by atoms with Crippen LogP contribution >= 0.6 is 0 Å². The summed E-state index contributed by atoms with van der Waals surface area (Å²) in [7, 11) is 1.97. The van der Waals surface area contributed by atoms with E-state index in [1.165, 1.54) is 0 Å². The summed E-state index contributed by atoms with van der Waals surface area (Å²) in [6.07, 6.45) is 7.44. The molecule has 0 aromatic carbocycles. The number of imidazole rings is 1. The van der Waals surface area contributed by atoms with Crippen molar-refractivity contribution in [2.24, 2.45) is 18.9 Å². The molecule has 15 heavy (non-hydrogen) atoms. The predicted molar refractivity (Wildman–Crippen MR) is 55.4 cm³/mol. The lowest BCUT2D eigenvalue weighted by atomic mass is 9.71. The number of hydrogen-bond donors (Lipinski definition) is 1. The molecule has 1 aromatic heterocycles. The zero-order chi connectivity index (χ0) is 10.8. The summed E-state index contributed by atoms with van der Waals surface area (Å²) in [4.78, 5) is 15.0. The van der Waals surface area contributed by atoms with Crippen molar-refractivity contribution in [1.29, 1.82) is 0 Å². The SMILES string of the molecule is Cn1ccnc1CCC1CCC1C(=O)O. The molecule has 1 aliphatic carbocycles. The number of aliphatic carboxylic acids is 1. The first-order valence-corrected chi connectivity index (χ1v) is 5.37. The van der Waals surface area contributed by atoms with Crippen LogP contribution in [0.3, 0.4) is 0 Å². The highest BCUT2D eigenvalue weighted by molar-refractivity contribution is 5.71. The van der Waals surface area contributed by atoms with E-state index in [0.717, 1.165) is 31.5 Å².